The van der Waals surface area contributed by atoms with Gasteiger partial charge in [0.25, 0.3) is 0 Å². The van der Waals surface area contributed by atoms with Gasteiger partial charge >= 0.3 is 37.4 Å². The maximum atomic E-state index is 11.8. The van der Waals surface area contributed by atoms with E-state index in [4.69, 9.17) is 24.7 Å². The third-order valence-corrected chi connectivity index (χ3v) is 5.22. The second-order valence-electron chi connectivity index (χ2n) is 6.64. The van der Waals surface area contributed by atoms with Crippen molar-refractivity contribution in [2.45, 2.75) is 83.7 Å². The summed E-state index contributed by atoms with van der Waals surface area (Å²) in [7, 11) is -4.12. The van der Waals surface area contributed by atoms with Crippen LogP contribution in [0.3, 0.4) is 0 Å². The molecule has 2 atom stereocenters. The van der Waals surface area contributed by atoms with Gasteiger partial charge in [0.05, 0.1) is 19.8 Å². The van der Waals surface area contributed by atoms with Gasteiger partial charge in [-0.3, -0.25) is 9.05 Å². The predicted octanol–water partition coefficient (Wildman–Crippen LogP) is 1.30. The van der Waals surface area contributed by atoms with Crippen molar-refractivity contribution < 1.29 is 68.1 Å². The molecular formula is C18H39NaO8P+. The maximum absolute atomic E-state index is 11.8. The fourth-order valence-electron chi connectivity index (χ4n) is 2.45. The standard InChI is InChI=1S/C18H39O8P.Na/c1-2-3-4-5-6-7-8-9-10-11-13-23-14-12-15-24-27(22,26-21)25-17-18(20)16-19;/h18-21H,2-17H2,1H3;/q;+1. The third kappa shape index (κ3) is 20.2. The predicted molar refractivity (Wildman–Crippen MR) is 104 cm³/mol. The van der Waals surface area contributed by atoms with Crippen LogP contribution >= 0.6 is 7.82 Å². The van der Waals surface area contributed by atoms with Gasteiger partial charge < -0.3 is 14.9 Å². The molecule has 10 heteroatoms. The quantitative estimate of drug-likeness (QED) is 0.0810. The van der Waals surface area contributed by atoms with Crippen molar-refractivity contribution in [3.8, 4) is 0 Å². The average molecular weight is 437 g/mol. The van der Waals surface area contributed by atoms with Gasteiger partial charge in [0.2, 0.25) is 0 Å². The van der Waals surface area contributed by atoms with Crippen molar-refractivity contribution in [3.05, 3.63) is 0 Å². The van der Waals surface area contributed by atoms with Crippen LogP contribution in [0.1, 0.15) is 77.6 Å². The molecule has 3 N–H and O–H groups in total. The zero-order valence-electron chi connectivity index (χ0n) is 17.7. The van der Waals surface area contributed by atoms with Crippen LogP contribution in [0.25, 0.3) is 0 Å². The zero-order valence-corrected chi connectivity index (χ0v) is 20.6. The molecule has 0 radical (unpaired) electrons. The molecule has 0 aliphatic heterocycles. The van der Waals surface area contributed by atoms with E-state index in [0.29, 0.717) is 19.6 Å². The van der Waals surface area contributed by atoms with Gasteiger partial charge in [-0.25, -0.2) is 9.82 Å². The van der Waals surface area contributed by atoms with Crippen LogP contribution in [0, 0.1) is 0 Å². The molecule has 0 fully saturated rings. The summed E-state index contributed by atoms with van der Waals surface area (Å²) in [5, 5.41) is 26.4. The first-order chi connectivity index (χ1) is 13.1. The molecule has 0 aliphatic rings. The molecular weight excluding hydrogens is 398 g/mol. The Labute approximate surface area is 192 Å². The number of unbranched alkanes of at least 4 members (excludes halogenated alkanes) is 9. The Kier molecular flexibility index (Phi) is 25.2. The Morgan fingerprint density at radius 3 is 1.89 bits per heavy atom. The molecule has 0 saturated carbocycles. The van der Waals surface area contributed by atoms with Gasteiger partial charge in [-0.1, -0.05) is 64.7 Å². The Morgan fingerprint density at radius 1 is 0.821 bits per heavy atom. The number of aliphatic hydroxyl groups excluding tert-OH is 2. The Morgan fingerprint density at radius 2 is 1.36 bits per heavy atom. The van der Waals surface area contributed by atoms with Gasteiger partial charge in [0, 0.05) is 13.2 Å². The monoisotopic (exact) mass is 437 g/mol. The largest absolute Gasteiger partial charge is 1.00 e. The van der Waals surface area contributed by atoms with Crippen LogP contribution in [-0.2, 0) is 23.0 Å². The van der Waals surface area contributed by atoms with Crippen molar-refractivity contribution in [2.24, 2.45) is 0 Å². The summed E-state index contributed by atoms with van der Waals surface area (Å²) in [5.74, 6) is 0. The molecule has 0 aromatic heterocycles. The molecule has 0 bridgehead atoms. The van der Waals surface area contributed by atoms with E-state index < -0.39 is 27.1 Å². The van der Waals surface area contributed by atoms with Crippen LogP contribution in [-0.4, -0.2) is 54.6 Å². The molecule has 8 nitrogen and oxygen atoms in total. The maximum Gasteiger partial charge on any atom is 1.00 e. The molecule has 0 heterocycles. The first kappa shape index (κ1) is 31.1. The van der Waals surface area contributed by atoms with Gasteiger partial charge in [0.15, 0.2) is 0 Å². The van der Waals surface area contributed by atoms with Crippen LogP contribution in [0.4, 0.5) is 0 Å². The number of phosphoric acid groups is 1. The minimum Gasteiger partial charge on any atom is -0.394 e. The van der Waals surface area contributed by atoms with Gasteiger partial charge in [0.1, 0.15) is 6.10 Å². The molecule has 0 amide bonds. The minimum atomic E-state index is -4.12. The number of hydrogen-bond donors (Lipinski definition) is 3. The number of rotatable bonds is 21. The fourth-order valence-corrected chi connectivity index (χ4v) is 3.32. The van der Waals surface area contributed by atoms with E-state index in [2.05, 4.69) is 16.1 Å². The molecule has 0 rings (SSSR count). The van der Waals surface area contributed by atoms with Crippen molar-refractivity contribution >= 4 is 7.82 Å². The van der Waals surface area contributed by atoms with E-state index in [-0.39, 0.29) is 36.2 Å². The summed E-state index contributed by atoms with van der Waals surface area (Å²) in [5.41, 5.74) is 0. The second kappa shape index (κ2) is 22.6. The smallest absolute Gasteiger partial charge is 0.394 e. The van der Waals surface area contributed by atoms with E-state index in [0.717, 1.165) is 6.42 Å². The van der Waals surface area contributed by atoms with Crippen molar-refractivity contribution in [1.82, 2.24) is 0 Å². The zero-order chi connectivity index (χ0) is 20.2. The van der Waals surface area contributed by atoms with Crippen LogP contribution < -0.4 is 29.6 Å². The summed E-state index contributed by atoms with van der Waals surface area (Å²) < 4.78 is 30.5. The molecule has 164 valence electrons. The Hall–Kier alpha value is 0.950. The van der Waals surface area contributed by atoms with Gasteiger partial charge in [-0.05, 0) is 12.8 Å². The molecule has 0 aromatic rings. The van der Waals surface area contributed by atoms with Crippen molar-refractivity contribution in [2.75, 3.05) is 33.0 Å². The number of hydrogen-bond acceptors (Lipinski definition) is 8. The molecule has 0 saturated heterocycles. The normalized spacial score (nSPS) is 14.4. The van der Waals surface area contributed by atoms with Crippen LogP contribution in [0.5, 0.6) is 0 Å². The number of phosphoric ester groups is 1. The van der Waals surface area contributed by atoms with E-state index in [1.165, 1.54) is 57.8 Å². The minimum absolute atomic E-state index is 0. The second-order valence-corrected chi connectivity index (χ2v) is 8.22. The van der Waals surface area contributed by atoms with Gasteiger partial charge in [-0.2, -0.15) is 0 Å². The van der Waals surface area contributed by atoms with E-state index >= 15 is 0 Å². The first-order valence-corrected chi connectivity index (χ1v) is 11.6. The van der Waals surface area contributed by atoms with Crippen LogP contribution in [0.2, 0.25) is 0 Å². The van der Waals surface area contributed by atoms with E-state index in [9.17, 15) is 4.57 Å². The van der Waals surface area contributed by atoms with Crippen LogP contribution in [0.15, 0.2) is 0 Å². The molecule has 28 heavy (non-hydrogen) atoms. The Balaban J connectivity index is 0. The first-order valence-electron chi connectivity index (χ1n) is 10.2. The molecule has 0 aromatic carbocycles. The SMILES string of the molecule is CCCCCCCCCCCCOCCCOP(=O)(OO)OCC(O)CO.[Na+]. The fraction of sp³-hybridized carbons (Fsp3) is 1.00. The third-order valence-electron chi connectivity index (χ3n) is 4.06. The summed E-state index contributed by atoms with van der Waals surface area (Å²) in [6.45, 7) is 2.36. The summed E-state index contributed by atoms with van der Waals surface area (Å²) >= 11 is 0. The van der Waals surface area contributed by atoms with Gasteiger partial charge in [-0.15, -0.1) is 4.67 Å². The summed E-state index contributed by atoms with van der Waals surface area (Å²) in [4.78, 5) is 0. The van der Waals surface area contributed by atoms with Crippen molar-refractivity contribution in [3.63, 3.8) is 0 Å². The summed E-state index contributed by atoms with van der Waals surface area (Å²) in [6, 6.07) is 0. The average Bonchev–Trinajstić information content (AvgIpc) is 2.69. The Bertz CT molecular complexity index is 362. The molecule has 0 spiro atoms. The summed E-state index contributed by atoms with van der Waals surface area (Å²) in [6.07, 6.45) is 12.0. The molecule has 0 aliphatic carbocycles. The van der Waals surface area contributed by atoms with E-state index in [1.807, 2.05) is 0 Å². The number of ether oxygens (including phenoxy) is 1. The number of aliphatic hydroxyl groups is 2. The van der Waals surface area contributed by atoms with E-state index in [1.54, 1.807) is 0 Å². The molecule has 2 unspecified atom stereocenters. The van der Waals surface area contributed by atoms with Crippen molar-refractivity contribution in [1.29, 1.82) is 0 Å². The topological polar surface area (TPSA) is 115 Å².